The van der Waals surface area contributed by atoms with Crippen LogP contribution in [0.5, 0.6) is 5.75 Å². The van der Waals surface area contributed by atoms with Crippen LogP contribution in [0.15, 0.2) is 22.7 Å². The minimum atomic E-state index is -0.762. The first-order chi connectivity index (χ1) is 8.08. The summed E-state index contributed by atoms with van der Waals surface area (Å²) in [6, 6.07) is 5.77. The number of carbonyl (C=O) groups is 1. The van der Waals surface area contributed by atoms with Gasteiger partial charge in [0.05, 0.1) is 17.5 Å². The number of hydrogen-bond donors (Lipinski definition) is 1. The van der Waals surface area contributed by atoms with Crippen molar-refractivity contribution in [1.82, 2.24) is 0 Å². The van der Waals surface area contributed by atoms with Crippen LogP contribution in [0, 0.1) is 0 Å². The van der Waals surface area contributed by atoms with Crippen LogP contribution in [-0.4, -0.2) is 17.7 Å². The van der Waals surface area contributed by atoms with Gasteiger partial charge in [0.2, 0.25) is 0 Å². The van der Waals surface area contributed by atoms with Gasteiger partial charge < -0.3 is 9.84 Å². The van der Waals surface area contributed by atoms with E-state index in [4.69, 9.17) is 9.84 Å². The predicted octanol–water partition coefficient (Wildman–Crippen LogP) is 3.82. The largest absolute Gasteiger partial charge is 0.493 e. The van der Waals surface area contributed by atoms with E-state index in [1.54, 1.807) is 0 Å². The number of ether oxygens (including phenoxy) is 1. The molecule has 1 unspecified atom stereocenters. The van der Waals surface area contributed by atoms with Crippen molar-refractivity contribution >= 4 is 21.9 Å². The van der Waals surface area contributed by atoms with Crippen molar-refractivity contribution in [2.45, 2.75) is 32.6 Å². The topological polar surface area (TPSA) is 46.5 Å². The molecule has 1 N–H and O–H groups in total. The molecular formula is C13H17BrO3. The van der Waals surface area contributed by atoms with Gasteiger partial charge in [0.1, 0.15) is 5.75 Å². The smallest absolute Gasteiger partial charge is 0.303 e. The molecule has 0 bridgehead atoms. The Morgan fingerprint density at radius 2 is 2.18 bits per heavy atom. The summed E-state index contributed by atoms with van der Waals surface area (Å²) in [4.78, 5) is 10.8. The van der Waals surface area contributed by atoms with E-state index in [-0.39, 0.29) is 12.3 Å². The van der Waals surface area contributed by atoms with Crippen molar-refractivity contribution in [3.63, 3.8) is 0 Å². The highest BCUT2D eigenvalue weighted by molar-refractivity contribution is 9.10. The van der Waals surface area contributed by atoms with Gasteiger partial charge in [-0.3, -0.25) is 4.79 Å². The number of halogens is 1. The molecule has 1 aromatic carbocycles. The lowest BCUT2D eigenvalue weighted by Crippen LogP contribution is -2.05. The monoisotopic (exact) mass is 300 g/mol. The van der Waals surface area contributed by atoms with Crippen molar-refractivity contribution < 1.29 is 14.6 Å². The van der Waals surface area contributed by atoms with Crippen LogP contribution in [0.3, 0.4) is 0 Å². The molecule has 17 heavy (non-hydrogen) atoms. The van der Waals surface area contributed by atoms with E-state index < -0.39 is 5.97 Å². The molecule has 0 heterocycles. The fourth-order valence-electron chi connectivity index (χ4n) is 1.75. The first-order valence-corrected chi connectivity index (χ1v) is 6.51. The van der Waals surface area contributed by atoms with E-state index in [0.29, 0.717) is 6.61 Å². The molecule has 4 heteroatoms. The maximum atomic E-state index is 10.8. The van der Waals surface area contributed by atoms with Crippen LogP contribution in [0.25, 0.3) is 0 Å². The zero-order chi connectivity index (χ0) is 12.8. The summed E-state index contributed by atoms with van der Waals surface area (Å²) in [5, 5.41) is 8.85. The zero-order valence-electron chi connectivity index (χ0n) is 10.1. The fraction of sp³-hybridized carbons (Fsp3) is 0.462. The van der Waals surface area contributed by atoms with Crippen molar-refractivity contribution in [2.24, 2.45) is 0 Å². The summed E-state index contributed by atoms with van der Waals surface area (Å²) in [5.41, 5.74) is 1.03. The Balaban J connectivity index is 2.90. The van der Waals surface area contributed by atoms with E-state index in [9.17, 15) is 4.79 Å². The molecule has 0 aromatic heterocycles. The highest BCUT2D eigenvalue weighted by Gasteiger charge is 2.15. The van der Waals surface area contributed by atoms with E-state index in [1.807, 2.05) is 32.0 Å². The second kappa shape index (κ2) is 6.64. The maximum absolute atomic E-state index is 10.8. The van der Waals surface area contributed by atoms with Gasteiger partial charge in [0, 0.05) is 0 Å². The summed E-state index contributed by atoms with van der Waals surface area (Å²) < 4.78 is 6.30. The van der Waals surface area contributed by atoms with Gasteiger partial charge in [-0.15, -0.1) is 0 Å². The van der Waals surface area contributed by atoms with Gasteiger partial charge >= 0.3 is 5.97 Å². The van der Waals surface area contributed by atoms with Crippen LogP contribution < -0.4 is 4.74 Å². The highest BCUT2D eigenvalue weighted by atomic mass is 79.9. The Morgan fingerprint density at radius 3 is 2.65 bits per heavy atom. The molecule has 3 nitrogen and oxygen atoms in total. The van der Waals surface area contributed by atoms with Crippen molar-refractivity contribution in [3.8, 4) is 5.75 Å². The number of aliphatic carboxylic acids is 1. The second-order valence-corrected chi connectivity index (χ2v) is 4.68. The van der Waals surface area contributed by atoms with E-state index in [1.165, 1.54) is 0 Å². The quantitative estimate of drug-likeness (QED) is 0.869. The van der Waals surface area contributed by atoms with Crippen molar-refractivity contribution in [3.05, 3.63) is 28.2 Å². The van der Waals surface area contributed by atoms with Crippen LogP contribution in [-0.2, 0) is 4.79 Å². The molecule has 0 aliphatic rings. The van der Waals surface area contributed by atoms with Crippen LogP contribution in [0.4, 0.5) is 0 Å². The summed E-state index contributed by atoms with van der Waals surface area (Å²) in [6.45, 7) is 4.54. The third kappa shape index (κ3) is 4.04. The summed E-state index contributed by atoms with van der Waals surface area (Å²) in [6.07, 6.45) is 0.976. The van der Waals surface area contributed by atoms with Crippen molar-refractivity contribution in [2.75, 3.05) is 6.61 Å². The lowest BCUT2D eigenvalue weighted by molar-refractivity contribution is -0.137. The molecule has 0 amide bonds. The third-order valence-corrected chi connectivity index (χ3v) is 3.26. The summed E-state index contributed by atoms with van der Waals surface area (Å²) in [5.74, 6) is 0.0859. The molecule has 0 spiro atoms. The average Bonchev–Trinajstić information content (AvgIpc) is 2.28. The highest BCUT2D eigenvalue weighted by Crippen LogP contribution is 2.31. The maximum Gasteiger partial charge on any atom is 0.303 e. The van der Waals surface area contributed by atoms with Crippen LogP contribution in [0.2, 0.25) is 0 Å². The first kappa shape index (κ1) is 14.0. The normalized spacial score (nSPS) is 12.2. The van der Waals surface area contributed by atoms with Gasteiger partial charge in [-0.1, -0.05) is 13.0 Å². The average molecular weight is 301 g/mol. The minimum Gasteiger partial charge on any atom is -0.493 e. The lowest BCUT2D eigenvalue weighted by atomic mass is 9.93. The van der Waals surface area contributed by atoms with Gasteiger partial charge in [-0.25, -0.2) is 0 Å². The molecule has 0 saturated carbocycles. The van der Waals surface area contributed by atoms with Gasteiger partial charge in [-0.2, -0.15) is 0 Å². The molecule has 1 rings (SSSR count). The number of rotatable bonds is 6. The van der Waals surface area contributed by atoms with E-state index in [2.05, 4.69) is 15.9 Å². The number of benzene rings is 1. The Hall–Kier alpha value is -1.03. The molecule has 0 aliphatic heterocycles. The van der Waals surface area contributed by atoms with Crippen LogP contribution >= 0.6 is 15.9 Å². The van der Waals surface area contributed by atoms with Gasteiger partial charge in [-0.05, 0) is 52.9 Å². The van der Waals surface area contributed by atoms with Gasteiger partial charge in [0.25, 0.3) is 0 Å². The van der Waals surface area contributed by atoms with Crippen LogP contribution in [0.1, 0.15) is 38.2 Å². The Kier molecular flexibility index (Phi) is 5.48. The van der Waals surface area contributed by atoms with Gasteiger partial charge in [0.15, 0.2) is 0 Å². The second-order valence-electron chi connectivity index (χ2n) is 3.83. The molecule has 94 valence electrons. The molecule has 0 aliphatic carbocycles. The predicted molar refractivity (Wildman–Crippen MR) is 70.6 cm³/mol. The number of carboxylic acid groups (broad SMARTS) is 1. The molecule has 1 atom stereocenters. The Labute approximate surface area is 110 Å². The zero-order valence-corrected chi connectivity index (χ0v) is 11.7. The number of hydrogen-bond acceptors (Lipinski definition) is 2. The fourth-order valence-corrected chi connectivity index (χ4v) is 2.26. The summed E-state index contributed by atoms with van der Waals surface area (Å²) >= 11 is 3.44. The Morgan fingerprint density at radius 1 is 1.47 bits per heavy atom. The molecule has 0 saturated heterocycles. The minimum absolute atomic E-state index is 0.0551. The molecular weight excluding hydrogens is 284 g/mol. The molecule has 1 aromatic rings. The SMILES string of the molecule is CCOc1ccc(C(CC)CC(=O)O)cc1Br. The van der Waals surface area contributed by atoms with E-state index in [0.717, 1.165) is 22.2 Å². The lowest BCUT2D eigenvalue weighted by Gasteiger charge is -2.14. The molecule has 0 fully saturated rings. The first-order valence-electron chi connectivity index (χ1n) is 5.72. The molecule has 0 radical (unpaired) electrons. The third-order valence-electron chi connectivity index (χ3n) is 2.64. The Bertz CT molecular complexity index is 390. The number of carboxylic acids is 1. The van der Waals surface area contributed by atoms with E-state index >= 15 is 0 Å². The van der Waals surface area contributed by atoms with Crippen molar-refractivity contribution in [1.29, 1.82) is 0 Å². The standard InChI is InChI=1S/C13H17BrO3/c1-3-9(8-13(15)16)10-5-6-12(17-4-2)11(14)7-10/h5-7,9H,3-4,8H2,1-2H3,(H,15,16). The summed E-state index contributed by atoms with van der Waals surface area (Å²) in [7, 11) is 0.